The van der Waals surface area contributed by atoms with Gasteiger partial charge in [0.2, 0.25) is 6.79 Å². The molecule has 2 aromatic rings. The number of hydrogen-bond acceptors (Lipinski definition) is 6. The molecule has 106 valence electrons. The lowest BCUT2D eigenvalue weighted by Gasteiger charge is -2.02. The van der Waals surface area contributed by atoms with Crippen molar-refractivity contribution in [1.29, 1.82) is 0 Å². The topological polar surface area (TPSA) is 70.4 Å². The molecule has 0 fully saturated rings. The Bertz CT molecular complexity index is 585. The third-order valence-corrected chi connectivity index (χ3v) is 2.95. The first-order valence-corrected chi connectivity index (χ1v) is 6.38. The summed E-state index contributed by atoms with van der Waals surface area (Å²) in [7, 11) is 1.68. The Hall–Kier alpha value is -2.12. The van der Waals surface area contributed by atoms with Crippen LogP contribution in [0.1, 0.15) is 5.69 Å². The molecular weight excluding hydrogens is 260 g/mol. The Balaban J connectivity index is 1.67. The number of nitrogens with zero attached hydrogens (tertiary/aromatic N) is 3. The summed E-state index contributed by atoms with van der Waals surface area (Å²) in [5.74, 6) is 1.49. The van der Waals surface area contributed by atoms with E-state index in [-0.39, 0.29) is 6.79 Å². The van der Waals surface area contributed by atoms with E-state index in [4.69, 9.17) is 14.2 Å². The van der Waals surface area contributed by atoms with Crippen LogP contribution in [0.3, 0.4) is 0 Å². The van der Waals surface area contributed by atoms with E-state index in [0.29, 0.717) is 13.2 Å². The van der Waals surface area contributed by atoms with Gasteiger partial charge in [0.1, 0.15) is 0 Å². The second-order valence-electron chi connectivity index (χ2n) is 4.36. The molecule has 1 aliphatic rings. The summed E-state index contributed by atoms with van der Waals surface area (Å²) in [6, 6.07) is 5.68. The molecule has 2 heterocycles. The van der Waals surface area contributed by atoms with Gasteiger partial charge in [-0.15, -0.1) is 5.10 Å². The number of methoxy groups -OCH3 is 1. The van der Waals surface area contributed by atoms with Crippen LogP contribution in [0.25, 0.3) is 5.69 Å². The molecule has 0 amide bonds. The molecule has 1 N–H and O–H groups in total. The minimum Gasteiger partial charge on any atom is -0.454 e. The molecule has 0 radical (unpaired) electrons. The van der Waals surface area contributed by atoms with E-state index in [0.717, 1.165) is 29.4 Å². The molecule has 0 atom stereocenters. The molecule has 0 aliphatic carbocycles. The number of fused-ring (bicyclic) bond motifs is 1. The molecule has 0 spiro atoms. The number of nitrogens with one attached hydrogen (secondary N) is 1. The molecule has 7 nitrogen and oxygen atoms in total. The van der Waals surface area contributed by atoms with Gasteiger partial charge in [-0.1, -0.05) is 5.21 Å². The summed E-state index contributed by atoms with van der Waals surface area (Å²) in [5, 5.41) is 11.5. The second kappa shape index (κ2) is 5.89. The van der Waals surface area contributed by atoms with Gasteiger partial charge in [-0.25, -0.2) is 4.68 Å². The maximum absolute atomic E-state index is 5.35. The fraction of sp³-hybridized carbons (Fsp3) is 0.385. The summed E-state index contributed by atoms with van der Waals surface area (Å²) in [5.41, 5.74) is 1.77. The normalized spacial score (nSPS) is 12.8. The third kappa shape index (κ3) is 2.73. The minimum absolute atomic E-state index is 0.269. The first-order chi connectivity index (χ1) is 9.86. The van der Waals surface area contributed by atoms with Crippen LogP contribution in [-0.4, -0.2) is 42.0 Å². The highest BCUT2D eigenvalue weighted by molar-refractivity contribution is 5.49. The van der Waals surface area contributed by atoms with Crippen LogP contribution in [0.2, 0.25) is 0 Å². The highest BCUT2D eigenvalue weighted by Crippen LogP contribution is 2.33. The van der Waals surface area contributed by atoms with Crippen molar-refractivity contribution in [3.8, 4) is 17.2 Å². The van der Waals surface area contributed by atoms with Crippen LogP contribution in [0, 0.1) is 0 Å². The van der Waals surface area contributed by atoms with Gasteiger partial charge in [-0.05, 0) is 12.1 Å². The zero-order valence-corrected chi connectivity index (χ0v) is 11.2. The maximum atomic E-state index is 5.35. The van der Waals surface area contributed by atoms with Crippen molar-refractivity contribution in [1.82, 2.24) is 20.3 Å². The molecule has 0 bridgehead atoms. The molecular formula is C13H16N4O3. The van der Waals surface area contributed by atoms with E-state index < -0.39 is 0 Å². The molecule has 3 rings (SSSR count). The van der Waals surface area contributed by atoms with E-state index in [1.807, 2.05) is 24.4 Å². The van der Waals surface area contributed by atoms with Crippen molar-refractivity contribution in [2.75, 3.05) is 27.1 Å². The number of aromatic nitrogens is 3. The van der Waals surface area contributed by atoms with Gasteiger partial charge in [0.25, 0.3) is 0 Å². The second-order valence-corrected chi connectivity index (χ2v) is 4.36. The Morgan fingerprint density at radius 1 is 1.35 bits per heavy atom. The lowest BCUT2D eigenvalue weighted by Crippen LogP contribution is -2.18. The predicted molar refractivity (Wildman–Crippen MR) is 71.1 cm³/mol. The molecule has 1 aromatic carbocycles. The van der Waals surface area contributed by atoms with Gasteiger partial charge >= 0.3 is 0 Å². The molecule has 20 heavy (non-hydrogen) atoms. The SMILES string of the molecule is COCCNCc1cn(-c2ccc3c(c2)OCO3)nn1. The number of ether oxygens (including phenoxy) is 3. The number of benzene rings is 1. The first-order valence-electron chi connectivity index (χ1n) is 6.38. The molecule has 0 saturated carbocycles. The quantitative estimate of drug-likeness (QED) is 0.784. The standard InChI is InChI=1S/C13H16N4O3/c1-18-5-4-14-7-10-8-17(16-15-10)11-2-3-12-13(6-11)20-9-19-12/h2-3,6,8,14H,4-5,7,9H2,1H3. The Labute approximate surface area is 116 Å². The van der Waals surface area contributed by atoms with Crippen molar-refractivity contribution in [3.63, 3.8) is 0 Å². The van der Waals surface area contributed by atoms with Gasteiger partial charge in [0.15, 0.2) is 11.5 Å². The van der Waals surface area contributed by atoms with E-state index in [1.54, 1.807) is 11.8 Å². The van der Waals surface area contributed by atoms with Crippen LogP contribution >= 0.6 is 0 Å². The van der Waals surface area contributed by atoms with Gasteiger partial charge in [-0.3, -0.25) is 0 Å². The van der Waals surface area contributed by atoms with Gasteiger partial charge < -0.3 is 19.5 Å². The smallest absolute Gasteiger partial charge is 0.231 e. The number of hydrogen-bond donors (Lipinski definition) is 1. The van der Waals surface area contributed by atoms with Crippen LogP contribution in [0.4, 0.5) is 0 Å². The zero-order chi connectivity index (χ0) is 13.8. The summed E-state index contributed by atoms with van der Waals surface area (Å²) in [6.45, 7) is 2.39. The molecule has 1 aliphatic heterocycles. The van der Waals surface area contributed by atoms with Crippen molar-refractivity contribution in [2.45, 2.75) is 6.54 Å². The lowest BCUT2D eigenvalue weighted by atomic mass is 10.3. The summed E-state index contributed by atoms with van der Waals surface area (Å²) < 4.78 is 17.3. The molecule has 1 aromatic heterocycles. The summed E-state index contributed by atoms with van der Waals surface area (Å²) >= 11 is 0. The van der Waals surface area contributed by atoms with Gasteiger partial charge in [0.05, 0.1) is 24.2 Å². The minimum atomic E-state index is 0.269. The molecule has 0 unspecified atom stereocenters. The first kappa shape index (κ1) is 12.9. The average Bonchev–Trinajstić information content (AvgIpc) is 3.11. The lowest BCUT2D eigenvalue weighted by molar-refractivity contribution is 0.174. The fourth-order valence-corrected chi connectivity index (χ4v) is 1.92. The zero-order valence-electron chi connectivity index (χ0n) is 11.2. The average molecular weight is 276 g/mol. The highest BCUT2D eigenvalue weighted by Gasteiger charge is 2.14. The predicted octanol–water partition coefficient (Wildman–Crippen LogP) is 0.732. The Kier molecular flexibility index (Phi) is 3.80. The van der Waals surface area contributed by atoms with Crippen molar-refractivity contribution < 1.29 is 14.2 Å². The third-order valence-electron chi connectivity index (χ3n) is 2.95. The van der Waals surface area contributed by atoms with Gasteiger partial charge in [0, 0.05) is 26.3 Å². The van der Waals surface area contributed by atoms with Crippen LogP contribution in [0.15, 0.2) is 24.4 Å². The van der Waals surface area contributed by atoms with Crippen LogP contribution in [-0.2, 0) is 11.3 Å². The van der Waals surface area contributed by atoms with Crippen LogP contribution < -0.4 is 14.8 Å². The molecule has 0 saturated heterocycles. The van der Waals surface area contributed by atoms with Crippen molar-refractivity contribution in [2.24, 2.45) is 0 Å². The van der Waals surface area contributed by atoms with E-state index in [1.165, 1.54) is 0 Å². The highest BCUT2D eigenvalue weighted by atomic mass is 16.7. The summed E-state index contributed by atoms with van der Waals surface area (Å²) in [6.07, 6.45) is 1.89. The van der Waals surface area contributed by atoms with Gasteiger partial charge in [-0.2, -0.15) is 0 Å². The fourth-order valence-electron chi connectivity index (χ4n) is 1.92. The van der Waals surface area contributed by atoms with Crippen LogP contribution in [0.5, 0.6) is 11.5 Å². The Morgan fingerprint density at radius 3 is 3.15 bits per heavy atom. The summed E-state index contributed by atoms with van der Waals surface area (Å²) in [4.78, 5) is 0. The van der Waals surface area contributed by atoms with E-state index in [2.05, 4.69) is 15.6 Å². The Morgan fingerprint density at radius 2 is 2.25 bits per heavy atom. The van der Waals surface area contributed by atoms with Crippen molar-refractivity contribution >= 4 is 0 Å². The number of rotatable bonds is 6. The monoisotopic (exact) mass is 276 g/mol. The van der Waals surface area contributed by atoms with E-state index in [9.17, 15) is 0 Å². The maximum Gasteiger partial charge on any atom is 0.231 e. The largest absolute Gasteiger partial charge is 0.454 e. The molecule has 7 heteroatoms. The van der Waals surface area contributed by atoms with Crippen molar-refractivity contribution in [3.05, 3.63) is 30.1 Å². The van der Waals surface area contributed by atoms with E-state index >= 15 is 0 Å².